The Hall–Kier alpha value is -2.45. The number of carbonyl (C=O) groups excluding carboxylic acids is 4. The summed E-state index contributed by atoms with van der Waals surface area (Å²) in [5, 5.41) is 5.19. The number of nitrogens with one attached hydrogen (secondary N) is 2. The quantitative estimate of drug-likeness (QED) is 0.490. The molecule has 0 aliphatic carbocycles. The smallest absolute Gasteiger partial charge is 0.355 e. The van der Waals surface area contributed by atoms with E-state index in [-0.39, 0.29) is 24.5 Å². The Morgan fingerprint density at radius 2 is 2.12 bits per heavy atom. The van der Waals surface area contributed by atoms with Gasteiger partial charge in [-0.3, -0.25) is 14.9 Å². The van der Waals surface area contributed by atoms with Gasteiger partial charge in [0.25, 0.3) is 5.91 Å². The average molecular weight is 242 g/mol. The summed E-state index contributed by atoms with van der Waals surface area (Å²) < 4.78 is 4.54. The van der Waals surface area contributed by atoms with Crippen LogP contribution >= 0.6 is 0 Å². The van der Waals surface area contributed by atoms with Crippen molar-refractivity contribution in [2.45, 2.75) is 12.8 Å². The molecule has 0 aromatic rings. The summed E-state index contributed by atoms with van der Waals surface area (Å²) in [5.41, 5.74) is 6.79. The van der Waals surface area contributed by atoms with Gasteiger partial charge in [0.05, 0.1) is 0 Å². The summed E-state index contributed by atoms with van der Waals surface area (Å²) >= 11 is 0. The topological polar surface area (TPSA) is 140 Å². The predicted octanol–water partition coefficient (Wildman–Crippen LogP) is -2.01. The lowest BCUT2D eigenvalue weighted by atomic mass is 10.2. The van der Waals surface area contributed by atoms with Crippen molar-refractivity contribution in [1.29, 1.82) is 0 Å². The van der Waals surface area contributed by atoms with Gasteiger partial charge < -0.3 is 10.5 Å². The van der Waals surface area contributed by atoms with E-state index < -0.39 is 24.5 Å². The minimum atomic E-state index is -1.03. The van der Waals surface area contributed by atoms with Gasteiger partial charge >= 0.3 is 12.0 Å². The molecule has 9 heteroatoms. The molecule has 4 amide bonds. The summed E-state index contributed by atoms with van der Waals surface area (Å²) in [5.74, 6) is -1.97. The van der Waals surface area contributed by atoms with E-state index in [0.717, 1.165) is 0 Å². The number of amides is 4. The zero-order chi connectivity index (χ0) is 12.8. The van der Waals surface area contributed by atoms with Gasteiger partial charge in [-0.05, 0) is 0 Å². The van der Waals surface area contributed by atoms with Gasteiger partial charge in [-0.1, -0.05) is 0 Å². The number of carbonyl (C=O) groups is 4. The van der Waals surface area contributed by atoms with Gasteiger partial charge in [0, 0.05) is 12.8 Å². The van der Waals surface area contributed by atoms with Crippen LogP contribution in [0.4, 0.5) is 4.79 Å². The van der Waals surface area contributed by atoms with Crippen molar-refractivity contribution in [2.75, 3.05) is 6.61 Å². The van der Waals surface area contributed by atoms with Gasteiger partial charge in [-0.25, -0.2) is 15.0 Å². The molecule has 0 atom stereocenters. The normalized spacial score (nSPS) is 14.4. The molecule has 0 aromatic carbocycles. The third-order valence-electron chi connectivity index (χ3n) is 1.74. The Morgan fingerprint density at radius 1 is 1.41 bits per heavy atom. The first kappa shape index (κ1) is 12.6. The second-order valence-electron chi connectivity index (χ2n) is 3.08. The van der Waals surface area contributed by atoms with E-state index in [1.165, 1.54) is 0 Å². The number of imide groups is 1. The Balaban J connectivity index is 2.37. The van der Waals surface area contributed by atoms with Crippen LogP contribution in [0.3, 0.4) is 0 Å². The monoisotopic (exact) mass is 242 g/mol. The fourth-order valence-corrected chi connectivity index (χ4v) is 1.01. The number of nitrogens with two attached hydrogens (primary N) is 1. The van der Waals surface area contributed by atoms with Crippen LogP contribution in [-0.4, -0.2) is 36.1 Å². The zero-order valence-corrected chi connectivity index (χ0v) is 8.69. The maximum absolute atomic E-state index is 11.3. The van der Waals surface area contributed by atoms with Gasteiger partial charge in [0.2, 0.25) is 5.91 Å². The molecule has 92 valence electrons. The number of hydrazone groups is 1. The third kappa shape index (κ3) is 4.28. The Labute approximate surface area is 95.4 Å². The number of hydrogen-bond acceptors (Lipinski definition) is 6. The van der Waals surface area contributed by atoms with Crippen LogP contribution < -0.4 is 16.5 Å². The number of esters is 1. The van der Waals surface area contributed by atoms with Crippen molar-refractivity contribution >= 4 is 29.5 Å². The molecule has 0 unspecified atom stereocenters. The highest BCUT2D eigenvalue weighted by molar-refractivity contribution is 6.37. The summed E-state index contributed by atoms with van der Waals surface area (Å²) in [6, 6.07) is -1.03. The molecule has 1 rings (SSSR count). The zero-order valence-electron chi connectivity index (χ0n) is 8.69. The summed E-state index contributed by atoms with van der Waals surface area (Å²) in [6.07, 6.45) is 0.267. The van der Waals surface area contributed by atoms with Crippen LogP contribution in [-0.2, 0) is 19.1 Å². The van der Waals surface area contributed by atoms with Gasteiger partial charge in [0.15, 0.2) is 6.61 Å². The number of hydrogen-bond donors (Lipinski definition) is 3. The molecule has 1 aliphatic rings. The Kier molecular flexibility index (Phi) is 4.14. The van der Waals surface area contributed by atoms with Gasteiger partial charge in [-0.15, -0.1) is 0 Å². The van der Waals surface area contributed by atoms with Crippen LogP contribution in [0.1, 0.15) is 12.8 Å². The van der Waals surface area contributed by atoms with Crippen molar-refractivity contribution in [1.82, 2.24) is 10.7 Å². The predicted molar refractivity (Wildman–Crippen MR) is 53.5 cm³/mol. The van der Waals surface area contributed by atoms with Gasteiger partial charge in [0.1, 0.15) is 5.71 Å². The SMILES string of the molecule is NC(=O)NC(=O)COC(=O)C1=NNC(=O)CC1. The summed E-state index contributed by atoms with van der Waals surface area (Å²) in [4.78, 5) is 43.2. The molecule has 1 aliphatic heterocycles. The van der Waals surface area contributed by atoms with E-state index in [4.69, 9.17) is 0 Å². The standard InChI is InChI=1S/C8H10N4O5/c9-8(16)10-6(14)3-17-7(15)4-1-2-5(13)12-11-4/h1-3H2,(H,12,13)(H3,9,10,14,16). The minimum Gasteiger partial charge on any atom is -0.451 e. The molecular formula is C8H10N4O5. The Morgan fingerprint density at radius 3 is 2.65 bits per heavy atom. The minimum absolute atomic E-state index is 0.0106. The fraction of sp³-hybridized carbons (Fsp3) is 0.375. The Bertz CT molecular complexity index is 403. The largest absolute Gasteiger partial charge is 0.451 e. The first-order valence-corrected chi connectivity index (χ1v) is 4.61. The molecule has 0 aromatic heterocycles. The van der Waals surface area contributed by atoms with Crippen LogP contribution in [0.5, 0.6) is 0 Å². The number of primary amides is 1. The van der Waals surface area contributed by atoms with E-state index >= 15 is 0 Å². The number of rotatable bonds is 3. The molecule has 1 heterocycles. The molecule has 0 radical (unpaired) electrons. The van der Waals surface area contributed by atoms with Crippen molar-refractivity contribution in [3.8, 4) is 0 Å². The third-order valence-corrected chi connectivity index (χ3v) is 1.74. The molecule has 0 bridgehead atoms. The maximum Gasteiger partial charge on any atom is 0.355 e. The number of urea groups is 1. The highest BCUT2D eigenvalue weighted by Crippen LogP contribution is 2.01. The van der Waals surface area contributed by atoms with Crippen molar-refractivity contribution in [3.05, 3.63) is 0 Å². The van der Waals surface area contributed by atoms with E-state index in [1.54, 1.807) is 5.32 Å². The second kappa shape index (κ2) is 5.58. The summed E-state index contributed by atoms with van der Waals surface area (Å²) in [7, 11) is 0. The van der Waals surface area contributed by atoms with Crippen molar-refractivity contribution in [2.24, 2.45) is 10.8 Å². The maximum atomic E-state index is 11.3. The summed E-state index contributed by atoms with van der Waals surface area (Å²) in [6.45, 7) is -0.644. The van der Waals surface area contributed by atoms with E-state index in [9.17, 15) is 19.2 Å². The number of nitrogens with zero attached hydrogens (tertiary/aromatic N) is 1. The molecule has 0 spiro atoms. The van der Waals surface area contributed by atoms with Crippen molar-refractivity contribution in [3.63, 3.8) is 0 Å². The average Bonchev–Trinajstić information content (AvgIpc) is 2.26. The molecule has 17 heavy (non-hydrogen) atoms. The van der Waals surface area contributed by atoms with Crippen molar-refractivity contribution < 1.29 is 23.9 Å². The lowest BCUT2D eigenvalue weighted by molar-refractivity contribution is -0.142. The lowest BCUT2D eigenvalue weighted by Crippen LogP contribution is -2.39. The molecule has 0 saturated carbocycles. The molecule has 4 N–H and O–H groups in total. The van der Waals surface area contributed by atoms with E-state index in [0.29, 0.717) is 0 Å². The molecule has 0 fully saturated rings. The van der Waals surface area contributed by atoms with Gasteiger partial charge in [-0.2, -0.15) is 5.10 Å². The lowest BCUT2D eigenvalue weighted by Gasteiger charge is -2.10. The van der Waals surface area contributed by atoms with Crippen LogP contribution in [0, 0.1) is 0 Å². The molecule has 0 saturated heterocycles. The molecule has 9 nitrogen and oxygen atoms in total. The van der Waals surface area contributed by atoms with Crippen LogP contribution in [0.2, 0.25) is 0 Å². The van der Waals surface area contributed by atoms with E-state index in [1.807, 2.05) is 0 Å². The highest BCUT2D eigenvalue weighted by Gasteiger charge is 2.20. The van der Waals surface area contributed by atoms with E-state index in [2.05, 4.69) is 21.0 Å². The fourth-order valence-electron chi connectivity index (χ4n) is 1.01. The molecular weight excluding hydrogens is 232 g/mol. The first-order valence-electron chi connectivity index (χ1n) is 4.61. The highest BCUT2D eigenvalue weighted by atomic mass is 16.5. The first-order chi connectivity index (χ1) is 7.99. The second-order valence-corrected chi connectivity index (χ2v) is 3.08. The van der Waals surface area contributed by atoms with Crippen LogP contribution in [0.25, 0.3) is 0 Å². The van der Waals surface area contributed by atoms with Crippen LogP contribution in [0.15, 0.2) is 5.10 Å². The number of ether oxygens (including phenoxy) is 1.